The standard InChI is InChI=1S/C12H17N3O3/c1-3-13-11(16)8-15(4-2)9-5-6-14-10(7-9)12(17)18/h5-7H,3-4,8H2,1-2H3,(H,13,16)(H,17,18). The van der Waals surface area contributed by atoms with Gasteiger partial charge in [0, 0.05) is 25.0 Å². The molecule has 0 aliphatic rings. The van der Waals surface area contributed by atoms with Gasteiger partial charge in [0.05, 0.1) is 6.54 Å². The van der Waals surface area contributed by atoms with Crippen molar-refractivity contribution in [3.8, 4) is 0 Å². The Morgan fingerprint density at radius 3 is 2.72 bits per heavy atom. The summed E-state index contributed by atoms with van der Waals surface area (Å²) in [5.41, 5.74) is 0.651. The van der Waals surface area contributed by atoms with E-state index in [-0.39, 0.29) is 18.1 Å². The lowest BCUT2D eigenvalue weighted by atomic mass is 10.3. The molecular formula is C12H17N3O3. The fourth-order valence-electron chi connectivity index (χ4n) is 1.55. The van der Waals surface area contributed by atoms with E-state index >= 15 is 0 Å². The molecule has 6 nitrogen and oxygen atoms in total. The van der Waals surface area contributed by atoms with Crippen LogP contribution in [-0.4, -0.2) is 41.6 Å². The average molecular weight is 251 g/mol. The molecule has 0 spiro atoms. The molecule has 0 aromatic carbocycles. The monoisotopic (exact) mass is 251 g/mol. The van der Waals surface area contributed by atoms with Crippen LogP contribution in [0.25, 0.3) is 0 Å². The molecular weight excluding hydrogens is 234 g/mol. The number of aromatic nitrogens is 1. The Labute approximate surface area is 106 Å². The number of aromatic carboxylic acids is 1. The molecule has 0 fully saturated rings. The minimum absolute atomic E-state index is 0.0261. The number of hydrogen-bond donors (Lipinski definition) is 2. The first-order chi connectivity index (χ1) is 8.58. The lowest BCUT2D eigenvalue weighted by Crippen LogP contribution is -2.37. The van der Waals surface area contributed by atoms with Crippen LogP contribution >= 0.6 is 0 Å². The smallest absolute Gasteiger partial charge is 0.354 e. The van der Waals surface area contributed by atoms with E-state index < -0.39 is 5.97 Å². The summed E-state index contributed by atoms with van der Waals surface area (Å²) in [6, 6.07) is 3.15. The molecule has 0 aliphatic carbocycles. The topological polar surface area (TPSA) is 82.5 Å². The number of carboxylic acid groups (broad SMARTS) is 1. The Kier molecular flexibility index (Phi) is 5.10. The van der Waals surface area contributed by atoms with Crippen LogP contribution in [0.4, 0.5) is 5.69 Å². The number of anilines is 1. The Bertz CT molecular complexity index is 434. The van der Waals surface area contributed by atoms with Gasteiger partial charge < -0.3 is 15.3 Å². The van der Waals surface area contributed by atoms with Crippen molar-refractivity contribution >= 4 is 17.6 Å². The zero-order valence-corrected chi connectivity index (χ0v) is 10.5. The van der Waals surface area contributed by atoms with Gasteiger partial charge in [0.15, 0.2) is 0 Å². The van der Waals surface area contributed by atoms with Crippen molar-refractivity contribution in [3.05, 3.63) is 24.0 Å². The van der Waals surface area contributed by atoms with Gasteiger partial charge in [-0.25, -0.2) is 9.78 Å². The highest BCUT2D eigenvalue weighted by Gasteiger charge is 2.12. The molecule has 18 heavy (non-hydrogen) atoms. The zero-order valence-electron chi connectivity index (χ0n) is 10.5. The Balaban J connectivity index is 2.84. The van der Waals surface area contributed by atoms with Gasteiger partial charge in [-0.2, -0.15) is 0 Å². The SMILES string of the molecule is CCNC(=O)CN(CC)c1ccnc(C(=O)O)c1. The Morgan fingerprint density at radius 2 is 2.17 bits per heavy atom. The van der Waals surface area contributed by atoms with Gasteiger partial charge in [-0.3, -0.25) is 4.79 Å². The maximum absolute atomic E-state index is 11.5. The first kappa shape index (κ1) is 14.0. The van der Waals surface area contributed by atoms with Gasteiger partial charge in [0.2, 0.25) is 5.91 Å². The summed E-state index contributed by atoms with van der Waals surface area (Å²) in [4.78, 5) is 27.9. The van der Waals surface area contributed by atoms with Gasteiger partial charge in [-0.1, -0.05) is 0 Å². The lowest BCUT2D eigenvalue weighted by molar-refractivity contribution is -0.119. The number of pyridine rings is 1. The molecule has 1 heterocycles. The quantitative estimate of drug-likeness (QED) is 0.779. The number of carbonyl (C=O) groups excluding carboxylic acids is 1. The van der Waals surface area contributed by atoms with E-state index in [2.05, 4.69) is 10.3 Å². The number of likely N-dealkylation sites (N-methyl/N-ethyl adjacent to an activating group) is 2. The number of nitrogens with zero attached hydrogens (tertiary/aromatic N) is 2. The summed E-state index contributed by atoms with van der Waals surface area (Å²) in [5, 5.41) is 11.6. The third-order valence-corrected chi connectivity index (χ3v) is 2.42. The summed E-state index contributed by atoms with van der Waals surface area (Å²) in [7, 11) is 0. The van der Waals surface area contributed by atoms with Crippen LogP contribution in [-0.2, 0) is 4.79 Å². The molecule has 98 valence electrons. The molecule has 1 aromatic rings. The Morgan fingerprint density at radius 1 is 1.44 bits per heavy atom. The van der Waals surface area contributed by atoms with Crippen LogP contribution < -0.4 is 10.2 Å². The molecule has 0 saturated carbocycles. The second kappa shape index (κ2) is 6.58. The third-order valence-electron chi connectivity index (χ3n) is 2.42. The van der Waals surface area contributed by atoms with Gasteiger partial charge in [-0.05, 0) is 26.0 Å². The summed E-state index contributed by atoms with van der Waals surface area (Å²) in [6.07, 6.45) is 1.43. The van der Waals surface area contributed by atoms with Crippen molar-refractivity contribution in [3.63, 3.8) is 0 Å². The van der Waals surface area contributed by atoms with Gasteiger partial charge >= 0.3 is 5.97 Å². The molecule has 0 saturated heterocycles. The first-order valence-electron chi connectivity index (χ1n) is 5.79. The molecule has 0 radical (unpaired) electrons. The molecule has 1 aromatic heterocycles. The van der Waals surface area contributed by atoms with Crippen molar-refractivity contribution in [2.75, 3.05) is 24.5 Å². The van der Waals surface area contributed by atoms with Crippen LogP contribution in [0.2, 0.25) is 0 Å². The van der Waals surface area contributed by atoms with Crippen molar-refractivity contribution in [1.29, 1.82) is 0 Å². The highest BCUT2D eigenvalue weighted by Crippen LogP contribution is 2.14. The number of rotatable bonds is 6. The van der Waals surface area contributed by atoms with E-state index in [0.717, 1.165) is 0 Å². The van der Waals surface area contributed by atoms with Crippen LogP contribution in [0.15, 0.2) is 18.3 Å². The van der Waals surface area contributed by atoms with E-state index in [1.54, 1.807) is 11.0 Å². The van der Waals surface area contributed by atoms with E-state index in [1.165, 1.54) is 12.3 Å². The molecule has 0 atom stereocenters. The van der Waals surface area contributed by atoms with Crippen molar-refractivity contribution in [1.82, 2.24) is 10.3 Å². The van der Waals surface area contributed by atoms with Gasteiger partial charge in [0.1, 0.15) is 5.69 Å². The Hall–Kier alpha value is -2.11. The van der Waals surface area contributed by atoms with Crippen LogP contribution in [0.1, 0.15) is 24.3 Å². The van der Waals surface area contributed by atoms with Crippen LogP contribution in [0.3, 0.4) is 0 Å². The third kappa shape index (κ3) is 3.73. The minimum Gasteiger partial charge on any atom is -0.477 e. The van der Waals surface area contributed by atoms with E-state index in [9.17, 15) is 9.59 Å². The summed E-state index contributed by atoms with van der Waals surface area (Å²) < 4.78 is 0. The maximum Gasteiger partial charge on any atom is 0.354 e. The van der Waals surface area contributed by atoms with Crippen molar-refractivity contribution in [2.45, 2.75) is 13.8 Å². The summed E-state index contributed by atoms with van der Waals surface area (Å²) in [5.74, 6) is -1.17. The summed E-state index contributed by atoms with van der Waals surface area (Å²) in [6.45, 7) is 5.14. The lowest BCUT2D eigenvalue weighted by Gasteiger charge is -2.22. The normalized spacial score (nSPS) is 9.89. The molecule has 0 bridgehead atoms. The minimum atomic E-state index is -1.08. The molecule has 6 heteroatoms. The molecule has 1 amide bonds. The molecule has 0 aliphatic heterocycles. The number of amides is 1. The fraction of sp³-hybridized carbons (Fsp3) is 0.417. The second-order valence-electron chi connectivity index (χ2n) is 3.67. The largest absolute Gasteiger partial charge is 0.477 e. The number of carbonyl (C=O) groups is 2. The van der Waals surface area contributed by atoms with E-state index in [4.69, 9.17) is 5.11 Å². The second-order valence-corrected chi connectivity index (χ2v) is 3.67. The summed E-state index contributed by atoms with van der Waals surface area (Å²) >= 11 is 0. The number of hydrogen-bond acceptors (Lipinski definition) is 4. The van der Waals surface area contributed by atoms with Crippen LogP contribution in [0.5, 0.6) is 0 Å². The predicted octanol–water partition coefficient (Wildman–Crippen LogP) is 0.742. The zero-order chi connectivity index (χ0) is 13.5. The average Bonchev–Trinajstić information content (AvgIpc) is 2.36. The van der Waals surface area contributed by atoms with E-state index in [1.807, 2.05) is 13.8 Å². The molecule has 1 rings (SSSR count). The molecule has 0 unspecified atom stereocenters. The van der Waals surface area contributed by atoms with Gasteiger partial charge in [-0.15, -0.1) is 0 Å². The van der Waals surface area contributed by atoms with Crippen LogP contribution in [0, 0.1) is 0 Å². The van der Waals surface area contributed by atoms with Crippen molar-refractivity contribution in [2.24, 2.45) is 0 Å². The van der Waals surface area contributed by atoms with Gasteiger partial charge in [0.25, 0.3) is 0 Å². The molecule has 2 N–H and O–H groups in total. The highest BCUT2D eigenvalue weighted by atomic mass is 16.4. The van der Waals surface area contributed by atoms with E-state index in [0.29, 0.717) is 18.8 Å². The maximum atomic E-state index is 11.5. The fourth-order valence-corrected chi connectivity index (χ4v) is 1.55. The first-order valence-corrected chi connectivity index (χ1v) is 5.79. The highest BCUT2D eigenvalue weighted by molar-refractivity contribution is 5.87. The number of carboxylic acids is 1. The predicted molar refractivity (Wildman–Crippen MR) is 67.8 cm³/mol. The van der Waals surface area contributed by atoms with Crippen molar-refractivity contribution < 1.29 is 14.7 Å². The number of nitrogens with one attached hydrogen (secondary N) is 1.